The maximum Gasteiger partial charge on any atom is 0.250 e. The van der Waals surface area contributed by atoms with E-state index in [1.807, 2.05) is 13.0 Å². The number of aromatic nitrogens is 1. The summed E-state index contributed by atoms with van der Waals surface area (Å²) in [5, 5.41) is 0. The molecule has 2 aliphatic carbocycles. The third kappa shape index (κ3) is 6.93. The molecule has 0 saturated heterocycles. The number of nitrogens with zero attached hydrogens (tertiary/aromatic N) is 1. The molecular formula is C28H39NO2. The van der Waals surface area contributed by atoms with Crippen LogP contribution in [0.4, 0.5) is 0 Å². The standard InChI is InChI=1S/C21H30O.C7H9NO/c1-16-8-9-17(2)20(14-16)15-22-21-12-10-19(11-13-21)18-6-4-3-5-7-18;1-6-4-3-5-7(9)8(6)2/h3-7,17,19-21H,1,8-15H2,2H3;3-5H,1-2H3/t17-,19?,20-,21?;/m0./s1. The SMILES string of the molecule is C=C1CC[C@H](C)[C@H](COC2CCC(c3ccccc3)CC2)C1.Cc1cccc(=O)n1C. The highest BCUT2D eigenvalue weighted by atomic mass is 16.5. The van der Waals surface area contributed by atoms with Gasteiger partial charge in [-0.15, -0.1) is 0 Å². The molecule has 0 bridgehead atoms. The van der Waals surface area contributed by atoms with Gasteiger partial charge in [0.25, 0.3) is 0 Å². The first-order chi connectivity index (χ1) is 14.9. The highest BCUT2D eigenvalue weighted by molar-refractivity contribution is 5.20. The molecule has 168 valence electrons. The summed E-state index contributed by atoms with van der Waals surface area (Å²) in [5.74, 6) is 2.24. The third-order valence-corrected chi connectivity index (χ3v) is 7.24. The van der Waals surface area contributed by atoms with Crippen molar-refractivity contribution in [1.82, 2.24) is 4.57 Å². The first-order valence-electron chi connectivity index (χ1n) is 11.9. The number of pyridine rings is 1. The normalized spacial score (nSPS) is 26.1. The van der Waals surface area contributed by atoms with E-state index < -0.39 is 0 Å². The zero-order valence-electron chi connectivity index (χ0n) is 19.6. The van der Waals surface area contributed by atoms with Crippen molar-refractivity contribution in [2.24, 2.45) is 18.9 Å². The van der Waals surface area contributed by atoms with Gasteiger partial charge in [0.2, 0.25) is 5.56 Å². The van der Waals surface area contributed by atoms with Crippen LogP contribution in [0.2, 0.25) is 0 Å². The lowest BCUT2D eigenvalue weighted by Gasteiger charge is -2.33. The Morgan fingerprint density at radius 2 is 1.71 bits per heavy atom. The van der Waals surface area contributed by atoms with Crippen LogP contribution in [0.3, 0.4) is 0 Å². The summed E-state index contributed by atoms with van der Waals surface area (Å²) in [4.78, 5) is 10.8. The summed E-state index contributed by atoms with van der Waals surface area (Å²) in [6.07, 6.45) is 9.20. The second-order valence-electron chi connectivity index (χ2n) is 9.51. The van der Waals surface area contributed by atoms with Crippen LogP contribution in [0.1, 0.15) is 69.0 Å². The van der Waals surface area contributed by atoms with Gasteiger partial charge < -0.3 is 9.30 Å². The van der Waals surface area contributed by atoms with Gasteiger partial charge in [0.1, 0.15) is 0 Å². The Balaban J connectivity index is 0.000000254. The summed E-state index contributed by atoms with van der Waals surface area (Å²) in [5.41, 5.74) is 3.98. The van der Waals surface area contributed by atoms with Crippen LogP contribution in [0.5, 0.6) is 0 Å². The number of rotatable bonds is 4. The monoisotopic (exact) mass is 421 g/mol. The number of hydrogen-bond acceptors (Lipinski definition) is 2. The summed E-state index contributed by atoms with van der Waals surface area (Å²) >= 11 is 0. The minimum atomic E-state index is 0.0509. The van der Waals surface area contributed by atoms with E-state index in [0.29, 0.717) is 12.0 Å². The lowest BCUT2D eigenvalue weighted by atomic mass is 9.78. The van der Waals surface area contributed by atoms with E-state index in [-0.39, 0.29) is 5.56 Å². The summed E-state index contributed by atoms with van der Waals surface area (Å²) in [7, 11) is 1.76. The van der Waals surface area contributed by atoms with E-state index in [4.69, 9.17) is 4.74 Å². The molecule has 2 saturated carbocycles. The van der Waals surface area contributed by atoms with Crippen LogP contribution in [0.25, 0.3) is 0 Å². The molecule has 0 spiro atoms. The molecule has 3 nitrogen and oxygen atoms in total. The van der Waals surface area contributed by atoms with Gasteiger partial charge in [-0.1, -0.05) is 55.5 Å². The molecule has 1 aromatic carbocycles. The van der Waals surface area contributed by atoms with Crippen LogP contribution < -0.4 is 5.56 Å². The number of hydrogen-bond donors (Lipinski definition) is 0. The van der Waals surface area contributed by atoms with Crippen LogP contribution in [0, 0.1) is 18.8 Å². The number of ether oxygens (including phenoxy) is 1. The third-order valence-electron chi connectivity index (χ3n) is 7.24. The molecule has 2 fully saturated rings. The first-order valence-corrected chi connectivity index (χ1v) is 11.9. The van der Waals surface area contributed by atoms with Gasteiger partial charge in [-0.2, -0.15) is 0 Å². The van der Waals surface area contributed by atoms with Crippen LogP contribution in [-0.2, 0) is 11.8 Å². The van der Waals surface area contributed by atoms with Crippen molar-refractivity contribution in [3.63, 3.8) is 0 Å². The molecule has 2 aliphatic rings. The van der Waals surface area contributed by atoms with E-state index in [2.05, 4.69) is 43.8 Å². The Morgan fingerprint density at radius 3 is 2.35 bits per heavy atom. The van der Waals surface area contributed by atoms with Crippen LogP contribution in [0.15, 0.2) is 65.5 Å². The number of allylic oxidation sites excluding steroid dienone is 1. The summed E-state index contributed by atoms with van der Waals surface area (Å²) < 4.78 is 7.90. The van der Waals surface area contributed by atoms with Crippen LogP contribution >= 0.6 is 0 Å². The molecule has 4 rings (SSSR count). The molecule has 3 heteroatoms. The molecule has 0 N–H and O–H groups in total. The largest absolute Gasteiger partial charge is 0.378 e. The molecule has 31 heavy (non-hydrogen) atoms. The zero-order valence-corrected chi connectivity index (χ0v) is 19.6. The maximum absolute atomic E-state index is 10.8. The minimum absolute atomic E-state index is 0.0509. The highest BCUT2D eigenvalue weighted by Crippen LogP contribution is 2.36. The fraction of sp³-hybridized carbons (Fsp3) is 0.536. The van der Waals surface area contributed by atoms with Gasteiger partial charge in [-0.25, -0.2) is 0 Å². The van der Waals surface area contributed by atoms with Gasteiger partial charge in [-0.3, -0.25) is 4.79 Å². The lowest BCUT2D eigenvalue weighted by Crippen LogP contribution is -2.28. The van der Waals surface area contributed by atoms with Crippen molar-refractivity contribution in [1.29, 1.82) is 0 Å². The molecule has 0 radical (unpaired) electrons. The first kappa shape index (κ1) is 23.5. The maximum atomic E-state index is 10.8. The van der Waals surface area contributed by atoms with E-state index in [0.717, 1.165) is 24.1 Å². The topological polar surface area (TPSA) is 31.2 Å². The molecule has 0 aliphatic heterocycles. The van der Waals surface area contributed by atoms with Crippen molar-refractivity contribution >= 4 is 0 Å². The molecule has 2 atom stereocenters. The number of benzene rings is 1. The van der Waals surface area contributed by atoms with Crippen LogP contribution in [-0.4, -0.2) is 17.3 Å². The number of aryl methyl sites for hydroxylation is 1. The van der Waals surface area contributed by atoms with Crippen molar-refractivity contribution in [3.8, 4) is 0 Å². The molecular weight excluding hydrogens is 382 g/mol. The van der Waals surface area contributed by atoms with E-state index in [1.165, 1.54) is 56.1 Å². The Bertz CT molecular complexity index is 877. The van der Waals surface area contributed by atoms with E-state index >= 15 is 0 Å². The molecule has 1 aromatic heterocycles. The fourth-order valence-corrected chi connectivity index (χ4v) is 4.78. The van der Waals surface area contributed by atoms with E-state index in [1.54, 1.807) is 23.7 Å². The van der Waals surface area contributed by atoms with Crippen molar-refractivity contribution in [3.05, 3.63) is 82.3 Å². The average Bonchev–Trinajstić information content (AvgIpc) is 2.79. The van der Waals surface area contributed by atoms with Crippen molar-refractivity contribution in [2.45, 2.75) is 70.8 Å². The second-order valence-corrected chi connectivity index (χ2v) is 9.51. The van der Waals surface area contributed by atoms with Gasteiger partial charge >= 0.3 is 0 Å². The quantitative estimate of drug-likeness (QED) is 0.534. The van der Waals surface area contributed by atoms with Crippen molar-refractivity contribution in [2.75, 3.05) is 6.61 Å². The zero-order chi connectivity index (χ0) is 22.2. The second kappa shape index (κ2) is 11.5. The minimum Gasteiger partial charge on any atom is -0.378 e. The Kier molecular flexibility index (Phi) is 8.71. The fourth-order valence-electron chi connectivity index (χ4n) is 4.78. The van der Waals surface area contributed by atoms with Gasteiger partial charge in [0, 0.05) is 18.8 Å². The highest BCUT2D eigenvalue weighted by Gasteiger charge is 2.27. The Hall–Kier alpha value is -2.13. The smallest absolute Gasteiger partial charge is 0.250 e. The summed E-state index contributed by atoms with van der Waals surface area (Å²) in [6, 6.07) is 16.2. The predicted octanol–water partition coefficient (Wildman–Crippen LogP) is 6.42. The molecule has 0 amide bonds. The van der Waals surface area contributed by atoms with Gasteiger partial charge in [0.15, 0.2) is 0 Å². The molecule has 0 unspecified atom stereocenters. The van der Waals surface area contributed by atoms with Crippen molar-refractivity contribution < 1.29 is 4.74 Å². The Morgan fingerprint density at radius 1 is 1.00 bits per heavy atom. The molecule has 2 aromatic rings. The van der Waals surface area contributed by atoms with E-state index in [9.17, 15) is 4.79 Å². The average molecular weight is 422 g/mol. The predicted molar refractivity (Wildman–Crippen MR) is 129 cm³/mol. The Labute approximate surface area is 188 Å². The van der Waals surface area contributed by atoms with Gasteiger partial charge in [-0.05, 0) is 81.3 Å². The molecule has 1 heterocycles. The summed E-state index contributed by atoms with van der Waals surface area (Å²) in [6.45, 7) is 9.41. The lowest BCUT2D eigenvalue weighted by molar-refractivity contribution is -0.00836. The van der Waals surface area contributed by atoms with Gasteiger partial charge in [0.05, 0.1) is 12.7 Å².